The molecule has 2 atom stereocenters. The van der Waals surface area contributed by atoms with Crippen molar-refractivity contribution in [3.05, 3.63) is 11.8 Å². The molecule has 16 heavy (non-hydrogen) atoms. The number of ketones is 1. The highest BCUT2D eigenvalue weighted by atomic mass is 16.6. The summed E-state index contributed by atoms with van der Waals surface area (Å²) >= 11 is 0. The Balaban J connectivity index is 2.83. The third kappa shape index (κ3) is 3.08. The second kappa shape index (κ2) is 4.28. The van der Waals surface area contributed by atoms with Crippen LogP contribution in [0.3, 0.4) is 0 Å². The molecule has 4 heteroatoms. The zero-order valence-electron chi connectivity index (χ0n) is 10.1. The number of hydrogen-bond acceptors (Lipinski definition) is 4. The van der Waals surface area contributed by atoms with Crippen LogP contribution >= 0.6 is 0 Å². The lowest BCUT2D eigenvalue weighted by molar-refractivity contribution is -0.161. The Bertz CT molecular complexity index is 335. The van der Waals surface area contributed by atoms with Crippen LogP contribution < -0.4 is 0 Å². The number of aliphatic hydroxyl groups excluding tert-OH is 1. The molecule has 1 rings (SSSR count). The van der Waals surface area contributed by atoms with E-state index in [1.54, 1.807) is 27.7 Å². The predicted octanol–water partition coefficient (Wildman–Crippen LogP) is 2.00. The molecule has 0 heterocycles. The standard InChI is InChI=1S/C12H18O4/c1-7-5-8(13)6-9(14)10(7)11(15)16-12(2,3)4/h6-7,10,14H,5H2,1-4H3/t7-,10-/m0/s1. The number of carbonyl (C=O) groups is 2. The largest absolute Gasteiger partial charge is 0.511 e. The fourth-order valence-electron chi connectivity index (χ4n) is 1.76. The molecule has 0 bridgehead atoms. The van der Waals surface area contributed by atoms with Crippen LogP contribution in [0.5, 0.6) is 0 Å². The topological polar surface area (TPSA) is 63.6 Å². The SMILES string of the molecule is C[C@H]1CC(=O)C=C(O)[C@H]1C(=O)OC(C)(C)C. The Morgan fingerprint density at radius 1 is 1.50 bits per heavy atom. The van der Waals surface area contributed by atoms with Gasteiger partial charge in [0.05, 0.1) is 0 Å². The Labute approximate surface area is 95.3 Å². The Kier molecular flexibility index (Phi) is 3.41. The lowest BCUT2D eigenvalue weighted by Crippen LogP contribution is -2.35. The van der Waals surface area contributed by atoms with Crippen LogP contribution in [0.25, 0.3) is 0 Å². The Hall–Kier alpha value is -1.32. The molecule has 0 spiro atoms. The summed E-state index contributed by atoms with van der Waals surface area (Å²) in [4.78, 5) is 23.0. The molecule has 0 aromatic carbocycles. The lowest BCUT2D eigenvalue weighted by atomic mass is 9.83. The molecule has 0 saturated heterocycles. The second-order valence-corrected chi connectivity index (χ2v) is 5.23. The minimum Gasteiger partial charge on any atom is -0.511 e. The number of hydrogen-bond donors (Lipinski definition) is 1. The maximum Gasteiger partial charge on any atom is 0.317 e. The molecular weight excluding hydrogens is 208 g/mol. The summed E-state index contributed by atoms with van der Waals surface area (Å²) in [5, 5.41) is 9.62. The zero-order valence-corrected chi connectivity index (χ0v) is 10.1. The van der Waals surface area contributed by atoms with Gasteiger partial charge in [0.15, 0.2) is 5.78 Å². The Morgan fingerprint density at radius 3 is 2.50 bits per heavy atom. The van der Waals surface area contributed by atoms with E-state index in [9.17, 15) is 14.7 Å². The van der Waals surface area contributed by atoms with Crippen molar-refractivity contribution in [1.29, 1.82) is 0 Å². The second-order valence-electron chi connectivity index (χ2n) is 5.23. The molecule has 90 valence electrons. The molecule has 0 amide bonds. The maximum atomic E-state index is 11.8. The molecular formula is C12H18O4. The van der Waals surface area contributed by atoms with Crippen molar-refractivity contribution in [2.75, 3.05) is 0 Å². The van der Waals surface area contributed by atoms with Crippen LogP contribution in [0, 0.1) is 11.8 Å². The van der Waals surface area contributed by atoms with Gasteiger partial charge in [-0.15, -0.1) is 0 Å². The van der Waals surface area contributed by atoms with Crippen LogP contribution in [-0.2, 0) is 14.3 Å². The van der Waals surface area contributed by atoms with E-state index in [1.807, 2.05) is 0 Å². The fourth-order valence-corrected chi connectivity index (χ4v) is 1.76. The highest BCUT2D eigenvalue weighted by molar-refractivity contribution is 5.93. The summed E-state index contributed by atoms with van der Waals surface area (Å²) in [5.41, 5.74) is -0.585. The molecule has 0 radical (unpaired) electrons. The molecule has 4 nitrogen and oxygen atoms in total. The number of esters is 1. The van der Waals surface area contributed by atoms with E-state index in [4.69, 9.17) is 4.74 Å². The summed E-state index contributed by atoms with van der Waals surface area (Å²) in [7, 11) is 0. The molecule has 1 aliphatic carbocycles. The van der Waals surface area contributed by atoms with Crippen LogP contribution in [0.2, 0.25) is 0 Å². The summed E-state index contributed by atoms with van der Waals surface area (Å²) in [6.45, 7) is 7.06. The molecule has 1 aliphatic rings. The molecule has 0 aromatic heterocycles. The molecule has 0 saturated carbocycles. The van der Waals surface area contributed by atoms with Gasteiger partial charge >= 0.3 is 5.97 Å². The number of ether oxygens (including phenoxy) is 1. The van der Waals surface area contributed by atoms with Crippen molar-refractivity contribution in [3.8, 4) is 0 Å². The summed E-state index contributed by atoms with van der Waals surface area (Å²) in [5.74, 6) is -1.73. The van der Waals surface area contributed by atoms with E-state index in [-0.39, 0.29) is 23.9 Å². The molecule has 0 aromatic rings. The van der Waals surface area contributed by atoms with Crippen LogP contribution in [0.15, 0.2) is 11.8 Å². The first kappa shape index (κ1) is 12.7. The van der Waals surface area contributed by atoms with Crippen LogP contribution in [-0.4, -0.2) is 22.5 Å². The molecule has 0 unspecified atom stereocenters. The first-order chi connectivity index (χ1) is 7.20. The van der Waals surface area contributed by atoms with Crippen LogP contribution in [0.1, 0.15) is 34.1 Å². The van der Waals surface area contributed by atoms with Crippen molar-refractivity contribution < 1.29 is 19.4 Å². The van der Waals surface area contributed by atoms with Crippen molar-refractivity contribution in [3.63, 3.8) is 0 Å². The number of carbonyl (C=O) groups excluding carboxylic acids is 2. The van der Waals surface area contributed by atoms with Gasteiger partial charge in [0.25, 0.3) is 0 Å². The number of rotatable bonds is 1. The normalized spacial score (nSPS) is 26.2. The molecule has 0 aliphatic heterocycles. The third-order valence-corrected chi connectivity index (χ3v) is 2.38. The molecule has 0 fully saturated rings. The summed E-state index contributed by atoms with van der Waals surface area (Å²) in [6.07, 6.45) is 1.39. The van der Waals surface area contributed by atoms with Gasteiger partial charge in [0, 0.05) is 12.5 Å². The van der Waals surface area contributed by atoms with Gasteiger partial charge in [-0.1, -0.05) is 6.92 Å². The summed E-state index contributed by atoms with van der Waals surface area (Å²) in [6, 6.07) is 0. The van der Waals surface area contributed by atoms with E-state index in [0.29, 0.717) is 0 Å². The van der Waals surface area contributed by atoms with Crippen molar-refractivity contribution in [2.24, 2.45) is 11.8 Å². The lowest BCUT2D eigenvalue weighted by Gasteiger charge is -2.28. The third-order valence-electron chi connectivity index (χ3n) is 2.38. The maximum absolute atomic E-state index is 11.8. The van der Waals surface area contributed by atoms with Gasteiger partial charge < -0.3 is 9.84 Å². The number of allylic oxidation sites excluding steroid dienone is 1. The minimum absolute atomic E-state index is 0.148. The quantitative estimate of drug-likeness (QED) is 0.694. The smallest absolute Gasteiger partial charge is 0.317 e. The van der Waals surface area contributed by atoms with Gasteiger partial charge in [0.2, 0.25) is 0 Å². The van der Waals surface area contributed by atoms with E-state index in [0.717, 1.165) is 6.08 Å². The highest BCUT2D eigenvalue weighted by Crippen LogP contribution is 2.29. The molecule has 1 N–H and O–H groups in total. The van der Waals surface area contributed by atoms with Crippen molar-refractivity contribution >= 4 is 11.8 Å². The van der Waals surface area contributed by atoms with Gasteiger partial charge in [-0.25, -0.2) is 0 Å². The van der Waals surface area contributed by atoms with E-state index in [2.05, 4.69) is 0 Å². The van der Waals surface area contributed by atoms with E-state index in [1.165, 1.54) is 0 Å². The monoisotopic (exact) mass is 226 g/mol. The first-order valence-corrected chi connectivity index (χ1v) is 5.37. The Morgan fingerprint density at radius 2 is 2.06 bits per heavy atom. The predicted molar refractivity (Wildman–Crippen MR) is 58.8 cm³/mol. The van der Waals surface area contributed by atoms with E-state index < -0.39 is 17.5 Å². The number of aliphatic hydroxyl groups is 1. The van der Waals surface area contributed by atoms with Crippen molar-refractivity contribution in [1.82, 2.24) is 0 Å². The van der Waals surface area contributed by atoms with Gasteiger partial charge in [-0.3, -0.25) is 9.59 Å². The highest BCUT2D eigenvalue weighted by Gasteiger charge is 2.36. The van der Waals surface area contributed by atoms with Gasteiger partial charge in [0.1, 0.15) is 17.3 Å². The van der Waals surface area contributed by atoms with Gasteiger partial charge in [-0.2, -0.15) is 0 Å². The zero-order chi connectivity index (χ0) is 12.5. The average Bonchev–Trinajstić information content (AvgIpc) is 1.96. The van der Waals surface area contributed by atoms with E-state index >= 15 is 0 Å². The first-order valence-electron chi connectivity index (χ1n) is 5.37. The van der Waals surface area contributed by atoms with Gasteiger partial charge in [-0.05, 0) is 26.7 Å². The average molecular weight is 226 g/mol. The minimum atomic E-state index is -0.711. The van der Waals surface area contributed by atoms with Crippen molar-refractivity contribution in [2.45, 2.75) is 39.7 Å². The fraction of sp³-hybridized carbons (Fsp3) is 0.667. The summed E-state index contributed by atoms with van der Waals surface area (Å²) < 4.78 is 5.20. The van der Waals surface area contributed by atoms with Crippen LogP contribution in [0.4, 0.5) is 0 Å².